The Bertz CT molecular complexity index is 1490. The summed E-state index contributed by atoms with van der Waals surface area (Å²) in [6.45, 7) is 6.29. The van der Waals surface area contributed by atoms with Crippen molar-refractivity contribution in [1.82, 2.24) is 19.9 Å². The second-order valence-corrected chi connectivity index (χ2v) is 11.9. The summed E-state index contributed by atoms with van der Waals surface area (Å²) in [5, 5.41) is 9.08. The van der Waals surface area contributed by atoms with Crippen molar-refractivity contribution in [1.29, 1.82) is 0 Å². The fraction of sp³-hybridized carbons (Fsp3) is 0.414. The van der Waals surface area contributed by atoms with Crippen LogP contribution in [0.1, 0.15) is 54.9 Å². The fourth-order valence-electron chi connectivity index (χ4n) is 6.10. The number of piperazine rings is 1. The molecule has 1 spiro atoms. The van der Waals surface area contributed by atoms with Crippen molar-refractivity contribution >= 4 is 40.8 Å². The van der Waals surface area contributed by atoms with Gasteiger partial charge in [0.15, 0.2) is 5.82 Å². The van der Waals surface area contributed by atoms with Crippen molar-refractivity contribution in [2.24, 2.45) is 0 Å². The van der Waals surface area contributed by atoms with Crippen LogP contribution in [0.15, 0.2) is 42.7 Å². The average molecular weight is 565 g/mol. The van der Waals surface area contributed by atoms with Crippen molar-refractivity contribution in [3.8, 4) is 0 Å². The molecule has 40 heavy (non-hydrogen) atoms. The van der Waals surface area contributed by atoms with Gasteiger partial charge in [-0.05, 0) is 56.5 Å². The van der Waals surface area contributed by atoms with Crippen LogP contribution >= 0.6 is 11.6 Å². The zero-order chi connectivity index (χ0) is 28.2. The topological polar surface area (TPSA) is 103 Å². The molecular weight excluding hydrogens is 535 g/mol. The Balaban J connectivity index is 1.23. The van der Waals surface area contributed by atoms with Gasteiger partial charge >= 0.3 is 5.97 Å². The molecule has 0 bridgehead atoms. The maximum atomic E-state index is 14.3. The van der Waals surface area contributed by atoms with Crippen LogP contribution < -0.4 is 9.80 Å². The second-order valence-electron chi connectivity index (χ2n) is 11.5. The van der Waals surface area contributed by atoms with Gasteiger partial charge in [0.2, 0.25) is 0 Å². The van der Waals surface area contributed by atoms with Crippen LogP contribution in [0.2, 0.25) is 5.02 Å². The molecule has 3 aliphatic rings. The molecule has 11 heteroatoms. The number of carbonyl (C=O) groups excluding carboxylic acids is 1. The maximum absolute atomic E-state index is 14.3. The zero-order valence-electron chi connectivity index (χ0n) is 22.4. The van der Waals surface area contributed by atoms with Crippen LogP contribution in [0, 0.1) is 5.82 Å². The molecule has 4 heterocycles. The van der Waals surface area contributed by atoms with Crippen LogP contribution in [-0.4, -0.2) is 68.6 Å². The number of carboxylic acid groups (broad SMARTS) is 1. The number of pyridine rings is 1. The molecule has 9 nitrogen and oxygen atoms in total. The predicted molar refractivity (Wildman–Crippen MR) is 149 cm³/mol. The number of anilines is 3. The van der Waals surface area contributed by atoms with E-state index in [1.807, 2.05) is 29.7 Å². The standard InChI is InChI=1S/C29H30ClFN6O3/c1-28(2)16-35(23-7-4-18(14-32-23)12-24(38)39)10-11-37(28)27(40)22-15-33-26-25(34-22)29(8-3-9-29)17-36(26)19-5-6-20(30)21(31)13-19/h4-7,13-15H,3,8-12,16-17H2,1-2H3,(H,38,39). The first-order valence-electron chi connectivity index (χ1n) is 13.4. The molecule has 1 amide bonds. The van der Waals surface area contributed by atoms with Gasteiger partial charge in [-0.25, -0.2) is 19.3 Å². The number of aromatic nitrogens is 3. The van der Waals surface area contributed by atoms with E-state index >= 15 is 0 Å². The zero-order valence-corrected chi connectivity index (χ0v) is 23.2. The van der Waals surface area contributed by atoms with Gasteiger partial charge in [0.1, 0.15) is 17.3 Å². The first-order chi connectivity index (χ1) is 19.1. The van der Waals surface area contributed by atoms with Crippen molar-refractivity contribution in [3.05, 3.63) is 70.5 Å². The minimum absolute atomic E-state index is 0.0709. The number of carboxylic acids is 1. The van der Waals surface area contributed by atoms with Crippen molar-refractivity contribution in [2.45, 2.75) is 50.5 Å². The highest BCUT2D eigenvalue weighted by atomic mass is 35.5. The summed E-state index contributed by atoms with van der Waals surface area (Å²) in [6, 6.07) is 8.35. The number of hydrogen-bond acceptors (Lipinski definition) is 7. The summed E-state index contributed by atoms with van der Waals surface area (Å²) in [6.07, 6.45) is 6.01. The predicted octanol–water partition coefficient (Wildman–Crippen LogP) is 4.61. The molecule has 2 fully saturated rings. The van der Waals surface area contributed by atoms with Crippen LogP contribution in [0.4, 0.5) is 21.7 Å². The Morgan fingerprint density at radius 3 is 2.50 bits per heavy atom. The summed E-state index contributed by atoms with van der Waals surface area (Å²) in [5.41, 5.74) is 1.72. The van der Waals surface area contributed by atoms with Gasteiger partial charge in [-0.2, -0.15) is 0 Å². The van der Waals surface area contributed by atoms with E-state index in [4.69, 9.17) is 26.7 Å². The number of carbonyl (C=O) groups is 2. The number of aliphatic carboxylic acids is 1. The molecule has 1 aliphatic carbocycles. The van der Waals surface area contributed by atoms with Gasteiger partial charge in [0.05, 0.1) is 28.9 Å². The number of amides is 1. The first kappa shape index (κ1) is 26.4. The smallest absolute Gasteiger partial charge is 0.307 e. The quantitative estimate of drug-likeness (QED) is 0.479. The van der Waals surface area contributed by atoms with Crippen LogP contribution in [0.3, 0.4) is 0 Å². The molecule has 1 saturated heterocycles. The number of hydrogen-bond donors (Lipinski definition) is 1. The molecule has 3 aromatic rings. The Labute approximate surface area is 236 Å². The molecule has 1 aromatic carbocycles. The van der Waals surface area contributed by atoms with E-state index in [0.29, 0.717) is 48.9 Å². The highest BCUT2D eigenvalue weighted by Crippen LogP contribution is 2.53. The van der Waals surface area contributed by atoms with E-state index in [-0.39, 0.29) is 22.8 Å². The van der Waals surface area contributed by atoms with Gasteiger partial charge in [-0.15, -0.1) is 0 Å². The SMILES string of the molecule is CC1(C)CN(c2ccc(CC(=O)O)cn2)CCN1C(=O)c1cnc2c(n1)C1(CCC1)CN2c1ccc(Cl)c(F)c1. The van der Waals surface area contributed by atoms with E-state index in [1.54, 1.807) is 24.4 Å². The Hall–Kier alpha value is -3.79. The third-order valence-electron chi connectivity index (χ3n) is 8.35. The minimum atomic E-state index is -0.896. The summed E-state index contributed by atoms with van der Waals surface area (Å²) < 4.78 is 14.3. The van der Waals surface area contributed by atoms with E-state index < -0.39 is 17.3 Å². The van der Waals surface area contributed by atoms with Gasteiger partial charge in [-0.1, -0.05) is 24.1 Å². The van der Waals surface area contributed by atoms with E-state index in [1.165, 1.54) is 12.3 Å². The summed E-state index contributed by atoms with van der Waals surface area (Å²) in [5.74, 6) is -0.137. The normalized spacial score (nSPS) is 18.9. The number of fused-ring (bicyclic) bond motifs is 2. The molecule has 0 radical (unpaired) electrons. The lowest BCUT2D eigenvalue weighted by molar-refractivity contribution is -0.136. The van der Waals surface area contributed by atoms with Gasteiger partial charge in [-0.3, -0.25) is 9.59 Å². The van der Waals surface area contributed by atoms with Gasteiger partial charge in [0.25, 0.3) is 5.91 Å². The second kappa shape index (κ2) is 9.69. The average Bonchev–Trinajstić information content (AvgIpc) is 3.25. The Morgan fingerprint density at radius 2 is 1.88 bits per heavy atom. The van der Waals surface area contributed by atoms with Crippen molar-refractivity contribution < 1.29 is 19.1 Å². The Kier molecular flexibility index (Phi) is 6.40. The molecule has 2 aliphatic heterocycles. The van der Waals surface area contributed by atoms with E-state index in [0.717, 1.165) is 30.8 Å². The lowest BCUT2D eigenvalue weighted by atomic mass is 9.68. The number of halogens is 2. The molecule has 2 aromatic heterocycles. The number of nitrogens with zero attached hydrogens (tertiary/aromatic N) is 6. The lowest BCUT2D eigenvalue weighted by Crippen LogP contribution is -2.61. The monoisotopic (exact) mass is 564 g/mol. The van der Waals surface area contributed by atoms with Crippen LogP contribution in [0.5, 0.6) is 0 Å². The van der Waals surface area contributed by atoms with Gasteiger partial charge in [0, 0.05) is 43.5 Å². The van der Waals surface area contributed by atoms with Gasteiger partial charge < -0.3 is 19.8 Å². The summed E-state index contributed by atoms with van der Waals surface area (Å²) in [7, 11) is 0. The number of benzene rings is 1. The minimum Gasteiger partial charge on any atom is -0.481 e. The molecule has 6 rings (SSSR count). The first-order valence-corrected chi connectivity index (χ1v) is 13.8. The summed E-state index contributed by atoms with van der Waals surface area (Å²) >= 11 is 5.91. The van der Waals surface area contributed by atoms with Crippen LogP contribution in [0.25, 0.3) is 0 Å². The molecule has 1 saturated carbocycles. The Morgan fingerprint density at radius 1 is 1.07 bits per heavy atom. The fourth-order valence-corrected chi connectivity index (χ4v) is 6.22. The highest BCUT2D eigenvalue weighted by molar-refractivity contribution is 6.30. The largest absolute Gasteiger partial charge is 0.481 e. The number of rotatable bonds is 5. The molecule has 208 valence electrons. The van der Waals surface area contributed by atoms with Crippen molar-refractivity contribution in [3.63, 3.8) is 0 Å². The lowest BCUT2D eigenvalue weighted by Gasteiger charge is -2.47. The third kappa shape index (κ3) is 4.54. The van der Waals surface area contributed by atoms with E-state index in [2.05, 4.69) is 9.88 Å². The van der Waals surface area contributed by atoms with Crippen molar-refractivity contribution in [2.75, 3.05) is 36.0 Å². The summed E-state index contributed by atoms with van der Waals surface area (Å²) in [4.78, 5) is 44.8. The van der Waals surface area contributed by atoms with E-state index in [9.17, 15) is 14.0 Å². The maximum Gasteiger partial charge on any atom is 0.307 e. The molecule has 0 atom stereocenters. The molecule has 1 N–H and O–H groups in total. The molecule has 0 unspecified atom stereocenters. The highest BCUT2D eigenvalue weighted by Gasteiger charge is 2.50. The van der Waals surface area contributed by atoms with Crippen LogP contribution in [-0.2, 0) is 16.6 Å². The molecular formula is C29H30ClFN6O3. The third-order valence-corrected chi connectivity index (χ3v) is 8.66.